The van der Waals surface area contributed by atoms with Crippen molar-refractivity contribution in [3.63, 3.8) is 0 Å². The summed E-state index contributed by atoms with van der Waals surface area (Å²) in [6.45, 7) is 5.21. The quantitative estimate of drug-likeness (QED) is 0.630. The molecule has 4 rings (SSSR count). The van der Waals surface area contributed by atoms with Crippen LogP contribution in [0.3, 0.4) is 0 Å². The molecule has 0 saturated carbocycles. The Morgan fingerprint density at radius 2 is 1.93 bits per heavy atom. The van der Waals surface area contributed by atoms with Crippen LogP contribution in [0, 0.1) is 6.92 Å². The van der Waals surface area contributed by atoms with Gasteiger partial charge in [-0.25, -0.2) is 0 Å². The fourth-order valence-corrected chi connectivity index (χ4v) is 4.00. The molecule has 28 heavy (non-hydrogen) atoms. The monoisotopic (exact) mass is 376 g/mol. The summed E-state index contributed by atoms with van der Waals surface area (Å²) in [7, 11) is 0. The molecule has 2 aromatic carbocycles. The molecule has 2 heterocycles. The van der Waals surface area contributed by atoms with Crippen LogP contribution in [-0.2, 0) is 16.1 Å². The Morgan fingerprint density at radius 3 is 2.68 bits per heavy atom. The van der Waals surface area contributed by atoms with Crippen LogP contribution in [0.1, 0.15) is 41.0 Å². The largest absolute Gasteiger partial charge is 0.466 e. The predicted octanol–water partition coefficient (Wildman–Crippen LogP) is 4.10. The smallest absolute Gasteiger partial charge is 0.307 e. The Balaban J connectivity index is 1.74. The molecular weight excluding hydrogens is 352 g/mol. The lowest BCUT2D eigenvalue weighted by molar-refractivity contribution is -0.144. The normalized spacial score (nSPS) is 16.3. The number of fused-ring (bicyclic) bond motifs is 3. The van der Waals surface area contributed by atoms with E-state index in [1.54, 1.807) is 0 Å². The average molecular weight is 376 g/mol. The van der Waals surface area contributed by atoms with Gasteiger partial charge in [0, 0.05) is 24.0 Å². The topological polar surface area (TPSA) is 51.5 Å². The molecule has 1 unspecified atom stereocenters. The highest BCUT2D eigenvalue weighted by molar-refractivity contribution is 6.00. The van der Waals surface area contributed by atoms with E-state index in [1.165, 1.54) is 0 Å². The van der Waals surface area contributed by atoms with E-state index in [1.807, 2.05) is 71.8 Å². The summed E-state index contributed by atoms with van der Waals surface area (Å²) in [6.07, 6.45) is 0.247. The zero-order chi connectivity index (χ0) is 19.7. The van der Waals surface area contributed by atoms with Crippen LogP contribution in [0.15, 0.2) is 54.6 Å². The van der Waals surface area contributed by atoms with Gasteiger partial charge in [-0.15, -0.1) is 0 Å². The maximum atomic E-state index is 13.2. The van der Waals surface area contributed by atoms with Gasteiger partial charge in [0.15, 0.2) is 0 Å². The molecule has 0 aliphatic carbocycles. The van der Waals surface area contributed by atoms with E-state index < -0.39 is 0 Å². The van der Waals surface area contributed by atoms with Crippen molar-refractivity contribution in [2.24, 2.45) is 0 Å². The Morgan fingerprint density at radius 1 is 1.14 bits per heavy atom. The Bertz CT molecular complexity index is 1020. The number of carbonyl (C=O) groups is 2. The van der Waals surface area contributed by atoms with Crippen LogP contribution < -0.4 is 0 Å². The minimum Gasteiger partial charge on any atom is -0.466 e. The summed E-state index contributed by atoms with van der Waals surface area (Å²) in [5.74, 6) is -0.237. The highest BCUT2D eigenvalue weighted by atomic mass is 16.5. The van der Waals surface area contributed by atoms with E-state index in [2.05, 4.69) is 6.07 Å². The van der Waals surface area contributed by atoms with Gasteiger partial charge >= 0.3 is 5.97 Å². The number of benzene rings is 2. The molecular formula is C23H24N2O3. The van der Waals surface area contributed by atoms with Crippen molar-refractivity contribution in [3.8, 4) is 0 Å². The lowest BCUT2D eigenvalue weighted by Crippen LogP contribution is -2.43. The van der Waals surface area contributed by atoms with Crippen molar-refractivity contribution in [3.05, 3.63) is 71.4 Å². The molecule has 1 aromatic heterocycles. The molecule has 5 heteroatoms. The van der Waals surface area contributed by atoms with Crippen molar-refractivity contribution in [1.29, 1.82) is 0 Å². The van der Waals surface area contributed by atoms with Crippen molar-refractivity contribution >= 4 is 22.8 Å². The van der Waals surface area contributed by atoms with E-state index in [0.717, 1.165) is 22.0 Å². The first-order valence-corrected chi connectivity index (χ1v) is 9.67. The summed E-state index contributed by atoms with van der Waals surface area (Å²) in [5, 5.41) is 1.03. The summed E-state index contributed by atoms with van der Waals surface area (Å²) >= 11 is 0. The molecule has 0 radical (unpaired) electrons. The third kappa shape index (κ3) is 3.40. The van der Waals surface area contributed by atoms with Gasteiger partial charge in [0.05, 0.1) is 19.1 Å². The molecule has 0 fully saturated rings. The van der Waals surface area contributed by atoms with Gasteiger partial charge in [0.1, 0.15) is 5.69 Å². The van der Waals surface area contributed by atoms with E-state index in [0.29, 0.717) is 25.4 Å². The number of nitrogens with zero attached hydrogens (tertiary/aromatic N) is 2. The van der Waals surface area contributed by atoms with Gasteiger partial charge in [-0.1, -0.05) is 42.0 Å². The second-order valence-electron chi connectivity index (χ2n) is 7.30. The molecule has 0 spiro atoms. The molecule has 0 saturated heterocycles. The number of amides is 1. The Labute approximate surface area is 164 Å². The van der Waals surface area contributed by atoms with Crippen LogP contribution in [-0.4, -0.2) is 34.5 Å². The molecule has 1 amide bonds. The highest BCUT2D eigenvalue weighted by Gasteiger charge is 2.34. The third-order valence-corrected chi connectivity index (χ3v) is 5.22. The Hall–Kier alpha value is -3.08. The maximum Gasteiger partial charge on any atom is 0.307 e. The van der Waals surface area contributed by atoms with E-state index in [-0.39, 0.29) is 24.3 Å². The fourth-order valence-electron chi connectivity index (χ4n) is 4.00. The summed E-state index contributed by atoms with van der Waals surface area (Å²) < 4.78 is 7.22. The zero-order valence-corrected chi connectivity index (χ0v) is 16.2. The first-order valence-electron chi connectivity index (χ1n) is 9.67. The third-order valence-electron chi connectivity index (χ3n) is 5.22. The second kappa shape index (κ2) is 7.50. The fraction of sp³-hybridized carbons (Fsp3) is 0.304. The SMILES string of the molecule is CCOC(=O)CC1CN(Cc2ccccc2)C(=O)c2cc3cc(C)ccc3n21. The minimum absolute atomic E-state index is 0.00202. The number of hydrogen-bond donors (Lipinski definition) is 0. The number of rotatable bonds is 5. The standard InChI is InChI=1S/C23H24N2O3/c1-3-28-22(26)13-19-15-24(14-17-7-5-4-6-8-17)23(27)21-12-18-11-16(2)9-10-20(18)25(19)21/h4-12,19H,3,13-15H2,1-2H3. The van der Waals surface area contributed by atoms with Crippen LogP contribution in [0.25, 0.3) is 10.9 Å². The van der Waals surface area contributed by atoms with Crippen molar-refractivity contribution in [2.45, 2.75) is 32.9 Å². The first kappa shape index (κ1) is 18.3. The van der Waals surface area contributed by atoms with Gasteiger partial charge in [-0.05, 0) is 37.6 Å². The summed E-state index contributed by atoms with van der Waals surface area (Å²) in [6, 6.07) is 17.9. The van der Waals surface area contributed by atoms with Crippen molar-refractivity contribution < 1.29 is 14.3 Å². The van der Waals surface area contributed by atoms with Gasteiger partial charge in [-0.2, -0.15) is 0 Å². The van der Waals surface area contributed by atoms with E-state index >= 15 is 0 Å². The number of carbonyl (C=O) groups excluding carboxylic acids is 2. The summed E-state index contributed by atoms with van der Waals surface area (Å²) in [4.78, 5) is 27.3. The zero-order valence-electron chi connectivity index (χ0n) is 16.2. The maximum absolute atomic E-state index is 13.2. The van der Waals surface area contributed by atoms with Crippen molar-refractivity contribution in [2.75, 3.05) is 13.2 Å². The molecule has 1 aliphatic rings. The molecule has 1 aliphatic heterocycles. The minimum atomic E-state index is -0.235. The van der Waals surface area contributed by atoms with Gasteiger partial charge in [-0.3, -0.25) is 9.59 Å². The molecule has 0 bridgehead atoms. The number of ether oxygens (including phenoxy) is 1. The predicted molar refractivity (Wildman–Crippen MR) is 108 cm³/mol. The van der Waals surface area contributed by atoms with Crippen LogP contribution in [0.4, 0.5) is 0 Å². The first-order chi connectivity index (χ1) is 13.6. The number of esters is 1. The molecule has 3 aromatic rings. The van der Waals surface area contributed by atoms with Crippen LogP contribution in [0.2, 0.25) is 0 Å². The van der Waals surface area contributed by atoms with E-state index in [4.69, 9.17) is 4.74 Å². The molecule has 144 valence electrons. The van der Waals surface area contributed by atoms with Gasteiger partial charge in [0.25, 0.3) is 5.91 Å². The highest BCUT2D eigenvalue weighted by Crippen LogP contribution is 2.32. The van der Waals surface area contributed by atoms with Crippen LogP contribution >= 0.6 is 0 Å². The second-order valence-corrected chi connectivity index (χ2v) is 7.30. The number of aromatic nitrogens is 1. The number of aryl methyl sites for hydroxylation is 1. The molecule has 5 nitrogen and oxygen atoms in total. The lowest BCUT2D eigenvalue weighted by atomic mass is 10.1. The molecule has 0 N–H and O–H groups in total. The van der Waals surface area contributed by atoms with Crippen LogP contribution in [0.5, 0.6) is 0 Å². The number of hydrogen-bond acceptors (Lipinski definition) is 3. The lowest BCUT2D eigenvalue weighted by Gasteiger charge is -2.35. The van der Waals surface area contributed by atoms with E-state index in [9.17, 15) is 9.59 Å². The average Bonchev–Trinajstić information content (AvgIpc) is 3.05. The Kier molecular flexibility index (Phi) is 4.90. The van der Waals surface area contributed by atoms with Crippen molar-refractivity contribution in [1.82, 2.24) is 9.47 Å². The van der Waals surface area contributed by atoms with Gasteiger partial charge in [0.2, 0.25) is 0 Å². The molecule has 1 atom stereocenters. The van der Waals surface area contributed by atoms with Gasteiger partial charge < -0.3 is 14.2 Å². The summed E-state index contributed by atoms with van der Waals surface area (Å²) in [5.41, 5.74) is 3.84.